The summed E-state index contributed by atoms with van der Waals surface area (Å²) in [5.41, 5.74) is 1.74. The van der Waals surface area contributed by atoms with Gasteiger partial charge in [0.25, 0.3) is 0 Å². The quantitative estimate of drug-likeness (QED) is 0.701. The van der Waals surface area contributed by atoms with Crippen LogP contribution in [0.15, 0.2) is 46.9 Å². The fraction of sp³-hybridized carbons (Fsp3) is 0.0714. The molecule has 0 heterocycles. The van der Waals surface area contributed by atoms with Crippen LogP contribution in [-0.2, 0) is 0 Å². The van der Waals surface area contributed by atoms with Gasteiger partial charge in [-0.05, 0) is 42.8 Å². The average Bonchev–Trinajstić information content (AvgIpc) is 2.35. The Hall–Kier alpha value is -1.79. The van der Waals surface area contributed by atoms with Crippen molar-refractivity contribution in [2.75, 3.05) is 0 Å². The summed E-state index contributed by atoms with van der Waals surface area (Å²) in [5.74, 6) is 1.53. The number of aryl methyl sites for hydroxylation is 1. The van der Waals surface area contributed by atoms with Crippen LogP contribution in [0.5, 0.6) is 11.5 Å². The molecule has 0 aliphatic heterocycles. The highest BCUT2D eigenvalue weighted by Crippen LogP contribution is 2.27. The minimum atomic E-state index is 0.615. The summed E-state index contributed by atoms with van der Waals surface area (Å²) in [7, 11) is 0. The van der Waals surface area contributed by atoms with Gasteiger partial charge in [0.1, 0.15) is 11.5 Å². The van der Waals surface area contributed by atoms with Crippen molar-refractivity contribution in [3.8, 4) is 11.5 Å². The number of hydrogen-bond acceptors (Lipinski definition) is 1. The van der Waals surface area contributed by atoms with Crippen LogP contribution in [0, 0.1) is 13.5 Å². The molecule has 0 saturated heterocycles. The van der Waals surface area contributed by atoms with E-state index in [2.05, 4.69) is 20.8 Å². The standard InChI is InChI=1S/C14H10BrNO/c1-10-9-13(7-8-14(10)15)17-12-5-3-11(16-2)4-6-12/h3-9H,1H3. The van der Waals surface area contributed by atoms with Gasteiger partial charge in [-0.3, -0.25) is 0 Å². The number of hydrogen-bond donors (Lipinski definition) is 0. The molecule has 0 bridgehead atoms. The van der Waals surface area contributed by atoms with Crippen LogP contribution in [-0.4, -0.2) is 0 Å². The Labute approximate surface area is 109 Å². The van der Waals surface area contributed by atoms with Crippen LogP contribution in [0.1, 0.15) is 5.56 Å². The van der Waals surface area contributed by atoms with Crippen LogP contribution < -0.4 is 4.74 Å². The molecule has 2 nitrogen and oxygen atoms in total. The number of benzene rings is 2. The van der Waals surface area contributed by atoms with Gasteiger partial charge in [-0.2, -0.15) is 0 Å². The molecule has 3 heteroatoms. The molecule has 0 amide bonds. The van der Waals surface area contributed by atoms with Gasteiger partial charge in [0.2, 0.25) is 0 Å². The third-order valence-electron chi connectivity index (χ3n) is 2.33. The summed E-state index contributed by atoms with van der Waals surface area (Å²) in [6.07, 6.45) is 0. The number of ether oxygens (including phenoxy) is 1. The lowest BCUT2D eigenvalue weighted by molar-refractivity contribution is 0.482. The predicted octanol–water partition coefficient (Wildman–Crippen LogP) is 5.10. The summed E-state index contributed by atoms with van der Waals surface area (Å²) in [4.78, 5) is 3.33. The van der Waals surface area contributed by atoms with E-state index in [1.54, 1.807) is 24.3 Å². The molecule has 0 radical (unpaired) electrons. The molecule has 0 N–H and O–H groups in total. The molecule has 0 aliphatic carbocycles. The second kappa shape index (κ2) is 5.03. The molecule has 84 valence electrons. The smallest absolute Gasteiger partial charge is 0.187 e. The molecule has 0 fully saturated rings. The summed E-state index contributed by atoms with van der Waals surface area (Å²) in [6.45, 7) is 8.88. The Morgan fingerprint density at radius 2 is 1.71 bits per heavy atom. The maximum absolute atomic E-state index is 6.87. The SMILES string of the molecule is [C-]#[N+]c1ccc(Oc2ccc(Br)c(C)c2)cc1. The van der Waals surface area contributed by atoms with Crippen molar-refractivity contribution in [2.45, 2.75) is 6.92 Å². The van der Waals surface area contributed by atoms with E-state index in [9.17, 15) is 0 Å². The molecule has 2 aromatic rings. The van der Waals surface area contributed by atoms with E-state index in [1.165, 1.54) is 0 Å². The normalized spacial score (nSPS) is 9.71. The van der Waals surface area contributed by atoms with Gasteiger partial charge in [0.05, 0.1) is 6.57 Å². The zero-order valence-corrected chi connectivity index (χ0v) is 10.9. The maximum atomic E-state index is 6.87. The monoisotopic (exact) mass is 287 g/mol. The van der Waals surface area contributed by atoms with Crippen molar-refractivity contribution in [1.82, 2.24) is 0 Å². The first-order chi connectivity index (χ1) is 8.19. The van der Waals surface area contributed by atoms with Gasteiger partial charge in [-0.15, -0.1) is 0 Å². The van der Waals surface area contributed by atoms with E-state index >= 15 is 0 Å². The van der Waals surface area contributed by atoms with Crippen molar-refractivity contribution in [3.63, 3.8) is 0 Å². The molecular weight excluding hydrogens is 278 g/mol. The van der Waals surface area contributed by atoms with E-state index in [0.717, 1.165) is 21.5 Å². The van der Waals surface area contributed by atoms with Crippen LogP contribution in [0.3, 0.4) is 0 Å². The second-order valence-electron chi connectivity index (χ2n) is 3.62. The Morgan fingerprint density at radius 1 is 1.06 bits per heavy atom. The molecule has 0 aromatic heterocycles. The highest BCUT2D eigenvalue weighted by Gasteiger charge is 2.00. The van der Waals surface area contributed by atoms with Crippen LogP contribution in [0.25, 0.3) is 4.85 Å². The number of rotatable bonds is 2. The van der Waals surface area contributed by atoms with E-state index in [-0.39, 0.29) is 0 Å². The van der Waals surface area contributed by atoms with E-state index < -0.39 is 0 Å². The average molecular weight is 288 g/mol. The largest absolute Gasteiger partial charge is 0.457 e. The number of nitrogens with zero attached hydrogens (tertiary/aromatic N) is 1. The van der Waals surface area contributed by atoms with Crippen molar-refractivity contribution in [3.05, 3.63) is 63.9 Å². The van der Waals surface area contributed by atoms with E-state index in [1.807, 2.05) is 25.1 Å². The minimum Gasteiger partial charge on any atom is -0.457 e. The molecule has 0 saturated carbocycles. The molecule has 0 aliphatic rings. The lowest BCUT2D eigenvalue weighted by atomic mass is 10.2. The lowest BCUT2D eigenvalue weighted by Crippen LogP contribution is -1.85. The first kappa shape index (κ1) is 11.7. The Morgan fingerprint density at radius 3 is 2.29 bits per heavy atom. The highest BCUT2D eigenvalue weighted by atomic mass is 79.9. The fourth-order valence-corrected chi connectivity index (χ4v) is 1.65. The van der Waals surface area contributed by atoms with Crippen molar-refractivity contribution in [2.24, 2.45) is 0 Å². The van der Waals surface area contributed by atoms with Gasteiger partial charge in [-0.25, -0.2) is 4.85 Å². The summed E-state index contributed by atoms with van der Waals surface area (Å²) in [6, 6.07) is 12.9. The lowest BCUT2D eigenvalue weighted by Gasteiger charge is -2.07. The minimum absolute atomic E-state index is 0.615. The van der Waals surface area contributed by atoms with Crippen molar-refractivity contribution in [1.29, 1.82) is 0 Å². The van der Waals surface area contributed by atoms with Gasteiger partial charge >= 0.3 is 0 Å². The molecule has 17 heavy (non-hydrogen) atoms. The molecule has 0 atom stereocenters. The molecular formula is C14H10BrNO. The Kier molecular flexibility index (Phi) is 3.46. The fourth-order valence-electron chi connectivity index (χ4n) is 1.41. The summed E-state index contributed by atoms with van der Waals surface area (Å²) < 4.78 is 6.75. The van der Waals surface area contributed by atoms with Crippen LogP contribution in [0.4, 0.5) is 5.69 Å². The second-order valence-corrected chi connectivity index (χ2v) is 4.47. The van der Waals surface area contributed by atoms with Gasteiger partial charge in [-0.1, -0.05) is 28.1 Å². The third kappa shape index (κ3) is 2.86. The molecule has 0 spiro atoms. The Balaban J connectivity index is 2.20. The predicted molar refractivity (Wildman–Crippen MR) is 71.7 cm³/mol. The van der Waals surface area contributed by atoms with Crippen molar-refractivity contribution < 1.29 is 4.74 Å². The van der Waals surface area contributed by atoms with Gasteiger partial charge in [0, 0.05) is 4.47 Å². The molecule has 0 unspecified atom stereocenters. The first-order valence-electron chi connectivity index (χ1n) is 5.10. The molecule has 2 aromatic carbocycles. The zero-order chi connectivity index (χ0) is 12.3. The maximum Gasteiger partial charge on any atom is 0.187 e. The topological polar surface area (TPSA) is 13.6 Å². The van der Waals surface area contributed by atoms with Gasteiger partial charge in [0.15, 0.2) is 5.69 Å². The summed E-state index contributed by atoms with van der Waals surface area (Å²) >= 11 is 3.44. The van der Waals surface area contributed by atoms with E-state index in [0.29, 0.717) is 5.69 Å². The van der Waals surface area contributed by atoms with Crippen LogP contribution in [0.2, 0.25) is 0 Å². The number of halogens is 1. The van der Waals surface area contributed by atoms with Gasteiger partial charge < -0.3 is 4.74 Å². The molecule has 2 rings (SSSR count). The third-order valence-corrected chi connectivity index (χ3v) is 3.22. The van der Waals surface area contributed by atoms with Crippen LogP contribution >= 0.6 is 15.9 Å². The first-order valence-corrected chi connectivity index (χ1v) is 5.90. The van der Waals surface area contributed by atoms with E-state index in [4.69, 9.17) is 11.3 Å². The van der Waals surface area contributed by atoms with Crippen molar-refractivity contribution >= 4 is 21.6 Å². The summed E-state index contributed by atoms with van der Waals surface area (Å²) in [5, 5.41) is 0. The zero-order valence-electron chi connectivity index (χ0n) is 9.27. The highest BCUT2D eigenvalue weighted by molar-refractivity contribution is 9.10. The Bertz CT molecular complexity index is 570.